The molecule has 0 amide bonds. The first kappa shape index (κ1) is 38.8. The lowest BCUT2D eigenvalue weighted by Gasteiger charge is -2.33. The molecule has 0 fully saturated rings. The standard InChI is InChI=1S/C32BF23/c34-11-1-2-8(19(42)29(52)24(47)12(2)35)32(55,56)6(1)10(21(44)22(11)45)33(31(54)7-5(17(40)30(31)53)16(39)27(50)28(51)18(7)41)9-3-4(14(37)23(46)20(9)43)15(38)26(49)25(48)13(3)36. The third-order valence-electron chi connectivity index (χ3n) is 9.22. The molecular weight excluding hydrogens is 832 g/mol. The highest BCUT2D eigenvalue weighted by atomic mass is 19.3. The molecule has 1 unspecified atom stereocenters. The van der Waals surface area contributed by atoms with E-state index in [1.165, 1.54) is 0 Å². The lowest BCUT2D eigenvalue weighted by atomic mass is 9.29. The van der Waals surface area contributed by atoms with Gasteiger partial charge in [-0.25, -0.2) is 92.2 Å². The molecule has 0 saturated carbocycles. The summed E-state index contributed by atoms with van der Waals surface area (Å²) in [5, 5.41) is -5.81. The number of rotatable bonds is 3. The second-order valence-electron chi connectivity index (χ2n) is 11.8. The zero-order chi connectivity index (χ0) is 41.9. The van der Waals surface area contributed by atoms with Gasteiger partial charge in [-0.1, -0.05) is 0 Å². The molecule has 7 rings (SSSR count). The van der Waals surface area contributed by atoms with Crippen LogP contribution in [0.1, 0.15) is 22.3 Å². The van der Waals surface area contributed by atoms with Crippen LogP contribution < -0.4 is 10.9 Å². The van der Waals surface area contributed by atoms with Gasteiger partial charge >= 0.3 is 5.92 Å². The fraction of sp³-hybridized carbons (Fsp3) is 0.0625. The van der Waals surface area contributed by atoms with Gasteiger partial charge in [0.15, 0.2) is 122 Å². The quantitative estimate of drug-likeness (QED) is 0.0736. The minimum absolute atomic E-state index is 2.69. The van der Waals surface area contributed by atoms with E-state index in [4.69, 9.17) is 0 Å². The minimum Gasteiger partial charge on any atom is -0.239 e. The smallest absolute Gasteiger partial charge is 0.239 e. The lowest BCUT2D eigenvalue weighted by Crippen LogP contribution is -2.61. The summed E-state index contributed by atoms with van der Waals surface area (Å²) in [6.07, 6.45) is 0. The van der Waals surface area contributed by atoms with Crippen molar-refractivity contribution in [3.63, 3.8) is 0 Å². The maximum absolute atomic E-state index is 17.8. The zero-order valence-corrected chi connectivity index (χ0v) is 25.3. The van der Waals surface area contributed by atoms with Gasteiger partial charge in [0.2, 0.25) is 0 Å². The van der Waals surface area contributed by atoms with Gasteiger partial charge in [-0.3, -0.25) is 0 Å². The fourth-order valence-corrected chi connectivity index (χ4v) is 6.96. The topological polar surface area (TPSA) is 0 Å². The SMILES string of the molecule is FC1=C(F)C(F)(B(c2c(F)c(F)c(F)c3c2C(F)(F)c2c(F)c(F)c(F)c(F)c2-3)c2c(F)c(F)c(F)c3c(F)c(F)c(F)c(F)c23)c2c(F)c(F)c(F)c(F)c21. The molecular formula is C32BF23. The Morgan fingerprint density at radius 3 is 1.12 bits per heavy atom. The summed E-state index contributed by atoms with van der Waals surface area (Å²) in [4.78, 5) is 0. The van der Waals surface area contributed by atoms with Crippen molar-refractivity contribution in [2.75, 3.05) is 0 Å². The zero-order valence-electron chi connectivity index (χ0n) is 25.3. The van der Waals surface area contributed by atoms with Gasteiger partial charge in [-0.05, 0) is 10.9 Å². The molecule has 2 aliphatic rings. The molecule has 0 radical (unpaired) electrons. The van der Waals surface area contributed by atoms with Crippen molar-refractivity contribution in [1.29, 1.82) is 0 Å². The molecule has 0 aliphatic heterocycles. The molecule has 0 bridgehead atoms. The Balaban J connectivity index is 1.85. The first-order valence-electron chi connectivity index (χ1n) is 14.2. The van der Waals surface area contributed by atoms with Gasteiger partial charge in [0, 0.05) is 27.6 Å². The van der Waals surface area contributed by atoms with Gasteiger partial charge in [0.25, 0.3) is 6.71 Å². The summed E-state index contributed by atoms with van der Waals surface area (Å²) < 4.78 is 352. The number of hydrogen-bond donors (Lipinski definition) is 0. The molecule has 24 heteroatoms. The van der Waals surface area contributed by atoms with Crippen LogP contribution in [-0.2, 0) is 11.5 Å². The second kappa shape index (κ2) is 11.8. The number of hydrogen-bond acceptors (Lipinski definition) is 0. The largest absolute Gasteiger partial charge is 0.302 e. The lowest BCUT2D eigenvalue weighted by molar-refractivity contribution is 0.0434. The molecule has 0 nitrogen and oxygen atoms in total. The number of fused-ring (bicyclic) bond motifs is 5. The van der Waals surface area contributed by atoms with Crippen LogP contribution in [0, 0.1) is 105 Å². The van der Waals surface area contributed by atoms with E-state index in [1.54, 1.807) is 0 Å². The summed E-state index contributed by atoms with van der Waals surface area (Å²) in [6.45, 7) is -5.07. The Morgan fingerprint density at radius 1 is 0.286 bits per heavy atom. The highest BCUT2D eigenvalue weighted by molar-refractivity contribution is 6.90. The summed E-state index contributed by atoms with van der Waals surface area (Å²) in [5.74, 6) is -73.1. The van der Waals surface area contributed by atoms with Gasteiger partial charge in [0.1, 0.15) is 0 Å². The van der Waals surface area contributed by atoms with Crippen LogP contribution in [0.5, 0.6) is 0 Å². The second-order valence-corrected chi connectivity index (χ2v) is 11.8. The Hall–Kier alpha value is -5.45. The molecule has 56 heavy (non-hydrogen) atoms. The maximum atomic E-state index is 17.8. The van der Waals surface area contributed by atoms with Crippen molar-refractivity contribution >= 4 is 34.2 Å². The molecule has 5 aromatic carbocycles. The maximum Gasteiger partial charge on any atom is 0.302 e. The molecule has 0 saturated heterocycles. The van der Waals surface area contributed by atoms with Crippen LogP contribution >= 0.6 is 0 Å². The first-order chi connectivity index (χ1) is 25.8. The predicted molar refractivity (Wildman–Crippen MR) is 141 cm³/mol. The first-order valence-corrected chi connectivity index (χ1v) is 14.2. The number of benzene rings is 5. The molecule has 1 atom stereocenters. The van der Waals surface area contributed by atoms with Crippen molar-refractivity contribution in [1.82, 2.24) is 0 Å². The van der Waals surface area contributed by atoms with E-state index in [1.807, 2.05) is 0 Å². The number of allylic oxidation sites excluding steroid dienone is 1. The third kappa shape index (κ3) is 4.26. The van der Waals surface area contributed by atoms with Crippen LogP contribution in [0.3, 0.4) is 0 Å². The van der Waals surface area contributed by atoms with Gasteiger partial charge < -0.3 is 0 Å². The monoisotopic (exact) mass is 832 g/mol. The summed E-state index contributed by atoms with van der Waals surface area (Å²) >= 11 is 0. The van der Waals surface area contributed by atoms with E-state index in [0.717, 1.165) is 0 Å². The molecule has 0 N–H and O–H groups in total. The Kier molecular flexibility index (Phi) is 8.17. The molecule has 2 aliphatic carbocycles. The van der Waals surface area contributed by atoms with Crippen molar-refractivity contribution in [2.24, 2.45) is 0 Å². The van der Waals surface area contributed by atoms with Gasteiger partial charge in [0.05, 0.1) is 16.5 Å². The van der Waals surface area contributed by atoms with Crippen LogP contribution in [-0.4, -0.2) is 6.71 Å². The van der Waals surface area contributed by atoms with E-state index in [0.29, 0.717) is 0 Å². The highest BCUT2D eigenvalue weighted by Gasteiger charge is 2.65. The highest BCUT2D eigenvalue weighted by Crippen LogP contribution is 2.58. The van der Waals surface area contributed by atoms with Crippen molar-refractivity contribution < 1.29 is 101 Å². The van der Waals surface area contributed by atoms with Gasteiger partial charge in [-0.2, -0.15) is 8.78 Å². The molecule has 0 aromatic heterocycles. The van der Waals surface area contributed by atoms with Crippen molar-refractivity contribution in [3.05, 3.63) is 133 Å². The van der Waals surface area contributed by atoms with Crippen molar-refractivity contribution in [3.8, 4) is 11.1 Å². The van der Waals surface area contributed by atoms with Crippen LogP contribution in [0.15, 0.2) is 5.83 Å². The van der Waals surface area contributed by atoms with E-state index < -0.39 is 190 Å². The Morgan fingerprint density at radius 2 is 0.625 bits per heavy atom. The van der Waals surface area contributed by atoms with Gasteiger partial charge in [-0.15, -0.1) is 0 Å². The molecule has 5 aromatic rings. The molecule has 0 spiro atoms. The average Bonchev–Trinajstić information content (AvgIpc) is 3.52. The van der Waals surface area contributed by atoms with E-state index in [2.05, 4.69) is 0 Å². The van der Waals surface area contributed by atoms with Crippen LogP contribution in [0.25, 0.3) is 27.7 Å². The summed E-state index contributed by atoms with van der Waals surface area (Å²) in [5.41, 5.74) is -30.5. The number of alkyl halides is 3. The van der Waals surface area contributed by atoms with Crippen LogP contribution in [0.4, 0.5) is 101 Å². The normalized spacial score (nSPS) is 17.0. The third-order valence-corrected chi connectivity index (χ3v) is 9.22. The predicted octanol–water partition coefficient (Wildman–Crippen LogP) is 10.1. The Labute approximate surface area is 291 Å². The van der Waals surface area contributed by atoms with E-state index in [-0.39, 0.29) is 0 Å². The molecule has 0 heterocycles. The van der Waals surface area contributed by atoms with Crippen LogP contribution in [0.2, 0.25) is 0 Å². The fourth-order valence-electron chi connectivity index (χ4n) is 6.96. The number of halogens is 23. The average molecular weight is 832 g/mol. The molecule has 292 valence electrons. The van der Waals surface area contributed by atoms with E-state index >= 15 is 57.1 Å². The minimum atomic E-state index is -6.13. The Bertz CT molecular complexity index is 2750. The van der Waals surface area contributed by atoms with E-state index in [9.17, 15) is 43.9 Å². The summed E-state index contributed by atoms with van der Waals surface area (Å²) in [6, 6.07) is 0. The van der Waals surface area contributed by atoms with Crippen molar-refractivity contribution in [2.45, 2.75) is 11.5 Å². The summed E-state index contributed by atoms with van der Waals surface area (Å²) in [7, 11) is 0.